The van der Waals surface area contributed by atoms with Gasteiger partial charge >= 0.3 is 0 Å². The van der Waals surface area contributed by atoms with Gasteiger partial charge in [-0.25, -0.2) is 0 Å². The molecule has 0 radical (unpaired) electrons. The van der Waals surface area contributed by atoms with Crippen LogP contribution in [0.5, 0.6) is 11.5 Å². The molecule has 0 amide bonds. The summed E-state index contributed by atoms with van der Waals surface area (Å²) < 4.78 is 11.9. The average molecular weight is 255 g/mol. The van der Waals surface area contributed by atoms with Crippen LogP contribution < -0.4 is 9.47 Å². The fourth-order valence-electron chi connectivity index (χ4n) is 1.52. The number of benzene rings is 1. The second kappa shape index (κ2) is 3.65. The average Bonchev–Trinajstić information content (AvgIpc) is 2.23. The summed E-state index contributed by atoms with van der Waals surface area (Å²) in [5.74, 6) is 1.62. The van der Waals surface area contributed by atoms with Gasteiger partial charge in [0, 0.05) is 10.0 Å². The molecule has 2 nitrogen and oxygen atoms in total. The Labute approximate surface area is 91.7 Å². The summed E-state index contributed by atoms with van der Waals surface area (Å²) in [5, 5.41) is 0. The molecular weight excluding hydrogens is 244 g/mol. The molecule has 1 aliphatic heterocycles. The van der Waals surface area contributed by atoms with Crippen LogP contribution in [0, 0.1) is 6.92 Å². The summed E-state index contributed by atoms with van der Waals surface area (Å²) in [6.45, 7) is 2.67. The summed E-state index contributed by atoms with van der Waals surface area (Å²) in [6, 6.07) is 1.94. The molecule has 14 heavy (non-hydrogen) atoms. The fourth-order valence-corrected chi connectivity index (χ4v) is 1.94. The largest absolute Gasteiger partial charge is 0.493 e. The van der Waals surface area contributed by atoms with E-state index >= 15 is 0 Å². The van der Waals surface area contributed by atoms with Gasteiger partial charge in [-0.3, -0.25) is 0 Å². The third-order valence-electron chi connectivity index (χ3n) is 2.32. The Morgan fingerprint density at radius 3 is 3.00 bits per heavy atom. The van der Waals surface area contributed by atoms with Gasteiger partial charge in [0.2, 0.25) is 0 Å². The number of hydrogen-bond donors (Lipinski definition) is 0. The molecule has 2 rings (SSSR count). The quantitative estimate of drug-likeness (QED) is 0.767. The van der Waals surface area contributed by atoms with Gasteiger partial charge in [0.25, 0.3) is 0 Å². The highest BCUT2D eigenvalue weighted by atomic mass is 79.9. The van der Waals surface area contributed by atoms with Crippen LogP contribution in [-0.2, 0) is 0 Å². The number of methoxy groups -OCH3 is 1. The second-order valence-corrected chi connectivity index (χ2v) is 4.00. The zero-order chi connectivity index (χ0) is 10.1. The molecule has 0 spiro atoms. The molecule has 0 N–H and O–H groups in total. The number of hydrogen-bond acceptors (Lipinski definition) is 2. The van der Waals surface area contributed by atoms with Gasteiger partial charge in [0.05, 0.1) is 7.11 Å². The van der Waals surface area contributed by atoms with Crippen molar-refractivity contribution < 1.29 is 9.47 Å². The first-order valence-corrected chi connectivity index (χ1v) is 5.19. The van der Waals surface area contributed by atoms with Crippen LogP contribution in [0.2, 0.25) is 0 Å². The highest BCUT2D eigenvalue weighted by Gasteiger charge is 2.16. The van der Waals surface area contributed by atoms with Gasteiger partial charge in [-0.2, -0.15) is 0 Å². The van der Waals surface area contributed by atoms with Gasteiger partial charge in [0.1, 0.15) is 6.61 Å². The minimum absolute atomic E-state index is 0.616. The van der Waals surface area contributed by atoms with Crippen LogP contribution in [0.3, 0.4) is 0 Å². The van der Waals surface area contributed by atoms with Gasteiger partial charge in [-0.15, -0.1) is 0 Å². The van der Waals surface area contributed by atoms with Gasteiger partial charge in [-0.1, -0.05) is 22.0 Å². The van der Waals surface area contributed by atoms with Crippen molar-refractivity contribution in [3.63, 3.8) is 0 Å². The lowest BCUT2D eigenvalue weighted by atomic mass is 10.1. The minimum atomic E-state index is 0.616. The Kier molecular flexibility index (Phi) is 2.50. The zero-order valence-corrected chi connectivity index (χ0v) is 9.72. The summed E-state index contributed by atoms with van der Waals surface area (Å²) in [7, 11) is 1.65. The van der Waals surface area contributed by atoms with Gasteiger partial charge in [-0.05, 0) is 24.6 Å². The Morgan fingerprint density at radius 1 is 1.50 bits per heavy atom. The van der Waals surface area contributed by atoms with Crippen molar-refractivity contribution in [2.45, 2.75) is 6.92 Å². The molecule has 0 unspecified atom stereocenters. The SMILES string of the molecule is COc1cc(Br)c(C)c2c1OCC=C2. The van der Waals surface area contributed by atoms with E-state index in [1.807, 2.05) is 12.1 Å². The van der Waals surface area contributed by atoms with Crippen molar-refractivity contribution in [2.24, 2.45) is 0 Å². The van der Waals surface area contributed by atoms with Crippen molar-refractivity contribution >= 4 is 22.0 Å². The first-order valence-electron chi connectivity index (χ1n) is 4.40. The van der Waals surface area contributed by atoms with E-state index in [1.165, 1.54) is 5.56 Å². The van der Waals surface area contributed by atoms with Crippen LogP contribution in [0.15, 0.2) is 16.6 Å². The maximum absolute atomic E-state index is 5.55. The molecule has 0 bridgehead atoms. The molecular formula is C11H11BrO2. The van der Waals surface area contributed by atoms with Crippen LogP contribution >= 0.6 is 15.9 Å². The molecule has 0 saturated heterocycles. The molecule has 74 valence electrons. The molecule has 1 heterocycles. The van der Waals surface area contributed by atoms with E-state index in [9.17, 15) is 0 Å². The molecule has 1 aliphatic rings. The molecule has 1 aromatic rings. The molecule has 0 atom stereocenters. The van der Waals surface area contributed by atoms with Crippen LogP contribution in [0.25, 0.3) is 6.08 Å². The van der Waals surface area contributed by atoms with Crippen LogP contribution in [0.4, 0.5) is 0 Å². The lowest BCUT2D eigenvalue weighted by Crippen LogP contribution is -2.04. The number of fused-ring (bicyclic) bond motifs is 1. The van der Waals surface area contributed by atoms with Crippen LogP contribution in [-0.4, -0.2) is 13.7 Å². The van der Waals surface area contributed by atoms with Gasteiger partial charge in [0.15, 0.2) is 11.5 Å². The van der Waals surface area contributed by atoms with E-state index in [-0.39, 0.29) is 0 Å². The van der Waals surface area contributed by atoms with E-state index in [0.717, 1.165) is 21.5 Å². The van der Waals surface area contributed by atoms with E-state index in [0.29, 0.717) is 6.61 Å². The predicted molar refractivity (Wildman–Crippen MR) is 60.0 cm³/mol. The molecule has 1 aromatic carbocycles. The smallest absolute Gasteiger partial charge is 0.169 e. The van der Waals surface area contributed by atoms with Crippen molar-refractivity contribution in [1.82, 2.24) is 0 Å². The first kappa shape index (κ1) is 9.59. The van der Waals surface area contributed by atoms with E-state index in [2.05, 4.69) is 28.9 Å². The highest BCUT2D eigenvalue weighted by molar-refractivity contribution is 9.10. The topological polar surface area (TPSA) is 18.5 Å². The molecule has 0 fully saturated rings. The summed E-state index contributed by atoms with van der Waals surface area (Å²) in [5.41, 5.74) is 2.28. The van der Waals surface area contributed by atoms with Crippen molar-refractivity contribution in [3.05, 3.63) is 27.7 Å². The maximum Gasteiger partial charge on any atom is 0.169 e. The van der Waals surface area contributed by atoms with Crippen LogP contribution in [0.1, 0.15) is 11.1 Å². The lowest BCUT2D eigenvalue weighted by Gasteiger charge is -2.18. The van der Waals surface area contributed by atoms with Crippen molar-refractivity contribution in [1.29, 1.82) is 0 Å². The lowest BCUT2D eigenvalue weighted by molar-refractivity contribution is 0.322. The normalized spacial score (nSPS) is 13.4. The fraction of sp³-hybridized carbons (Fsp3) is 0.273. The zero-order valence-electron chi connectivity index (χ0n) is 8.13. The number of ether oxygens (including phenoxy) is 2. The first-order chi connectivity index (χ1) is 6.74. The van der Waals surface area contributed by atoms with E-state index in [1.54, 1.807) is 7.11 Å². The molecule has 0 saturated carbocycles. The monoisotopic (exact) mass is 254 g/mol. The van der Waals surface area contributed by atoms with Gasteiger partial charge < -0.3 is 9.47 Å². The van der Waals surface area contributed by atoms with E-state index < -0.39 is 0 Å². The maximum atomic E-state index is 5.55. The van der Waals surface area contributed by atoms with Crippen molar-refractivity contribution in [3.8, 4) is 11.5 Å². The number of halogens is 1. The summed E-state index contributed by atoms with van der Waals surface area (Å²) >= 11 is 3.50. The molecule has 3 heteroatoms. The third-order valence-corrected chi connectivity index (χ3v) is 3.14. The second-order valence-electron chi connectivity index (χ2n) is 3.14. The third kappa shape index (κ3) is 1.42. The summed E-state index contributed by atoms with van der Waals surface area (Å²) in [6.07, 6.45) is 4.07. The van der Waals surface area contributed by atoms with Crippen molar-refractivity contribution in [2.75, 3.05) is 13.7 Å². The predicted octanol–water partition coefficient (Wildman–Crippen LogP) is 3.17. The molecule has 0 aliphatic carbocycles. The number of rotatable bonds is 1. The molecule has 0 aromatic heterocycles. The summed E-state index contributed by atoms with van der Waals surface area (Å²) in [4.78, 5) is 0. The Hall–Kier alpha value is -0.960. The van der Waals surface area contributed by atoms with E-state index in [4.69, 9.17) is 9.47 Å². The highest BCUT2D eigenvalue weighted by Crippen LogP contribution is 2.40. The minimum Gasteiger partial charge on any atom is -0.493 e. The Morgan fingerprint density at radius 2 is 2.29 bits per heavy atom. The Bertz CT molecular complexity index is 397. The standard InChI is InChI=1S/C11H11BrO2/c1-7-8-4-3-5-14-11(8)10(13-2)6-9(7)12/h3-4,6H,5H2,1-2H3. The Balaban J connectivity index is 2.68.